The van der Waals surface area contributed by atoms with Crippen LogP contribution in [0.25, 0.3) is 0 Å². The van der Waals surface area contributed by atoms with Crippen molar-refractivity contribution in [3.8, 4) is 5.75 Å². The third kappa shape index (κ3) is 2.29. The van der Waals surface area contributed by atoms with Crippen LogP contribution in [-0.4, -0.2) is 9.97 Å². The summed E-state index contributed by atoms with van der Waals surface area (Å²) in [6.45, 7) is 0.550. The van der Waals surface area contributed by atoms with Crippen molar-refractivity contribution in [2.24, 2.45) is 0 Å². The highest BCUT2D eigenvalue weighted by Gasteiger charge is 1.93. The first-order valence-corrected chi connectivity index (χ1v) is 4.37. The Hall–Kier alpha value is -1.90. The summed E-state index contributed by atoms with van der Waals surface area (Å²) in [5, 5.41) is 0. The summed E-state index contributed by atoms with van der Waals surface area (Å²) in [4.78, 5) is 7.89. The van der Waals surface area contributed by atoms with Gasteiger partial charge in [0.15, 0.2) is 0 Å². The first-order valence-electron chi connectivity index (χ1n) is 4.37. The van der Waals surface area contributed by atoms with Crippen molar-refractivity contribution in [2.75, 3.05) is 0 Å². The van der Waals surface area contributed by atoms with E-state index in [4.69, 9.17) is 4.74 Å². The van der Waals surface area contributed by atoms with E-state index < -0.39 is 0 Å². The number of hydrogen-bond acceptors (Lipinski definition) is 3. The molecule has 0 aliphatic heterocycles. The van der Waals surface area contributed by atoms with Crippen LogP contribution in [0.4, 0.5) is 0 Å². The van der Waals surface area contributed by atoms with E-state index in [1.165, 1.54) is 0 Å². The van der Waals surface area contributed by atoms with Crippen LogP contribution in [0.1, 0.15) is 5.56 Å². The monoisotopic (exact) mass is 186 g/mol. The van der Waals surface area contributed by atoms with Crippen molar-refractivity contribution in [3.05, 3.63) is 54.6 Å². The molecule has 14 heavy (non-hydrogen) atoms. The third-order valence-corrected chi connectivity index (χ3v) is 1.79. The molecule has 0 N–H and O–H groups in total. The average Bonchev–Trinajstić information content (AvgIpc) is 2.29. The molecule has 0 saturated carbocycles. The Kier molecular flexibility index (Phi) is 2.71. The van der Waals surface area contributed by atoms with Crippen LogP contribution in [0.15, 0.2) is 49.1 Å². The van der Waals surface area contributed by atoms with Gasteiger partial charge in [0.1, 0.15) is 12.4 Å². The smallest absolute Gasteiger partial charge is 0.138 e. The molecule has 0 aliphatic rings. The maximum Gasteiger partial charge on any atom is 0.138 e. The van der Waals surface area contributed by atoms with E-state index in [0.29, 0.717) is 6.61 Å². The number of hydrogen-bond donors (Lipinski definition) is 0. The normalized spacial score (nSPS) is 9.71. The number of nitrogens with zero attached hydrogens (tertiary/aromatic N) is 2. The SMILES string of the molecule is c1cncc(OCc2ccncc2)c1. The Morgan fingerprint density at radius 2 is 1.86 bits per heavy atom. The maximum atomic E-state index is 5.50. The lowest BCUT2D eigenvalue weighted by atomic mass is 10.3. The molecular weight excluding hydrogens is 176 g/mol. The molecular formula is C11H10N2O. The van der Waals surface area contributed by atoms with Gasteiger partial charge in [0.05, 0.1) is 6.20 Å². The Morgan fingerprint density at radius 3 is 2.57 bits per heavy atom. The van der Waals surface area contributed by atoms with Crippen molar-refractivity contribution >= 4 is 0 Å². The zero-order valence-electron chi connectivity index (χ0n) is 7.63. The minimum Gasteiger partial charge on any atom is -0.487 e. The highest BCUT2D eigenvalue weighted by atomic mass is 16.5. The summed E-state index contributed by atoms with van der Waals surface area (Å²) in [6.07, 6.45) is 6.92. The average molecular weight is 186 g/mol. The topological polar surface area (TPSA) is 35.0 Å². The predicted octanol–water partition coefficient (Wildman–Crippen LogP) is 2.06. The van der Waals surface area contributed by atoms with E-state index in [2.05, 4.69) is 9.97 Å². The predicted molar refractivity (Wildman–Crippen MR) is 52.8 cm³/mol. The third-order valence-electron chi connectivity index (χ3n) is 1.79. The van der Waals surface area contributed by atoms with Crippen molar-refractivity contribution in [2.45, 2.75) is 6.61 Å². The summed E-state index contributed by atoms with van der Waals surface area (Å²) >= 11 is 0. The first kappa shape index (κ1) is 8.69. The first-order chi connectivity index (χ1) is 6.95. The summed E-state index contributed by atoms with van der Waals surface area (Å²) in [5.74, 6) is 0.782. The fourth-order valence-electron chi connectivity index (χ4n) is 1.08. The molecule has 0 radical (unpaired) electrons. The second-order valence-electron chi connectivity index (χ2n) is 2.83. The van der Waals surface area contributed by atoms with Gasteiger partial charge in [-0.1, -0.05) is 0 Å². The molecule has 0 aliphatic carbocycles. The molecule has 2 aromatic heterocycles. The lowest BCUT2D eigenvalue weighted by Crippen LogP contribution is -1.95. The summed E-state index contributed by atoms with van der Waals surface area (Å²) in [5.41, 5.74) is 1.10. The number of aromatic nitrogens is 2. The lowest BCUT2D eigenvalue weighted by molar-refractivity contribution is 0.305. The fraction of sp³-hybridized carbons (Fsp3) is 0.0909. The molecule has 3 nitrogen and oxygen atoms in total. The minimum absolute atomic E-state index is 0.550. The van der Waals surface area contributed by atoms with Gasteiger partial charge in [-0.2, -0.15) is 0 Å². The fourth-order valence-corrected chi connectivity index (χ4v) is 1.08. The molecule has 2 heterocycles. The second-order valence-corrected chi connectivity index (χ2v) is 2.83. The Bertz CT molecular complexity index is 336. The number of rotatable bonds is 3. The van der Waals surface area contributed by atoms with Crippen LogP contribution in [0.3, 0.4) is 0 Å². The van der Waals surface area contributed by atoms with Crippen LogP contribution in [0, 0.1) is 0 Å². The van der Waals surface area contributed by atoms with Crippen molar-refractivity contribution in [1.29, 1.82) is 0 Å². The molecule has 0 fully saturated rings. The van der Waals surface area contributed by atoms with Crippen LogP contribution < -0.4 is 4.74 Å². The Labute approximate surface area is 82.4 Å². The molecule has 70 valence electrons. The van der Waals surface area contributed by atoms with E-state index in [9.17, 15) is 0 Å². The molecule has 0 unspecified atom stereocenters. The number of pyridine rings is 2. The highest BCUT2D eigenvalue weighted by molar-refractivity contribution is 5.17. The van der Waals surface area contributed by atoms with Gasteiger partial charge in [0.2, 0.25) is 0 Å². The van der Waals surface area contributed by atoms with E-state index in [1.807, 2.05) is 24.3 Å². The molecule has 0 bridgehead atoms. The summed E-state index contributed by atoms with van der Waals surface area (Å²) < 4.78 is 5.50. The van der Waals surface area contributed by atoms with E-state index in [0.717, 1.165) is 11.3 Å². The van der Waals surface area contributed by atoms with Crippen molar-refractivity contribution in [1.82, 2.24) is 9.97 Å². The van der Waals surface area contributed by atoms with Gasteiger partial charge in [0.25, 0.3) is 0 Å². The molecule has 3 heteroatoms. The van der Waals surface area contributed by atoms with Crippen molar-refractivity contribution in [3.63, 3.8) is 0 Å². The number of ether oxygens (including phenoxy) is 1. The molecule has 0 aromatic carbocycles. The van der Waals surface area contributed by atoms with Gasteiger partial charge in [0, 0.05) is 18.6 Å². The van der Waals surface area contributed by atoms with Crippen LogP contribution in [0.5, 0.6) is 5.75 Å². The quantitative estimate of drug-likeness (QED) is 0.735. The van der Waals surface area contributed by atoms with Gasteiger partial charge in [-0.15, -0.1) is 0 Å². The summed E-state index contributed by atoms with van der Waals surface area (Å²) in [7, 11) is 0. The molecule has 0 atom stereocenters. The molecule has 0 spiro atoms. The zero-order valence-corrected chi connectivity index (χ0v) is 7.63. The van der Waals surface area contributed by atoms with Gasteiger partial charge >= 0.3 is 0 Å². The zero-order chi connectivity index (χ0) is 9.64. The Morgan fingerprint density at radius 1 is 1.00 bits per heavy atom. The molecule has 0 saturated heterocycles. The minimum atomic E-state index is 0.550. The molecule has 0 amide bonds. The summed E-state index contributed by atoms with van der Waals surface area (Å²) in [6, 6.07) is 7.59. The van der Waals surface area contributed by atoms with Crippen LogP contribution >= 0.6 is 0 Å². The largest absolute Gasteiger partial charge is 0.487 e. The van der Waals surface area contributed by atoms with Gasteiger partial charge in [-0.25, -0.2) is 0 Å². The van der Waals surface area contributed by atoms with Crippen molar-refractivity contribution < 1.29 is 4.74 Å². The highest BCUT2D eigenvalue weighted by Crippen LogP contribution is 2.09. The van der Waals surface area contributed by atoms with E-state index >= 15 is 0 Å². The van der Waals surface area contributed by atoms with Crippen LogP contribution in [-0.2, 0) is 6.61 Å². The second kappa shape index (κ2) is 4.37. The van der Waals surface area contributed by atoms with E-state index in [-0.39, 0.29) is 0 Å². The van der Waals surface area contributed by atoms with Gasteiger partial charge in [-0.05, 0) is 29.8 Å². The molecule has 2 aromatic rings. The van der Waals surface area contributed by atoms with Crippen LogP contribution in [0.2, 0.25) is 0 Å². The van der Waals surface area contributed by atoms with Gasteiger partial charge < -0.3 is 4.74 Å². The maximum absolute atomic E-state index is 5.50. The molecule has 2 rings (SSSR count). The van der Waals surface area contributed by atoms with E-state index in [1.54, 1.807) is 24.8 Å². The van der Waals surface area contributed by atoms with Gasteiger partial charge in [-0.3, -0.25) is 9.97 Å². The Balaban J connectivity index is 1.96. The lowest BCUT2D eigenvalue weighted by Gasteiger charge is -2.04. The standard InChI is InChI=1S/C11H10N2O/c1-2-11(8-13-5-1)14-9-10-3-6-12-7-4-10/h1-8H,9H2.